The summed E-state index contributed by atoms with van der Waals surface area (Å²) in [6.45, 7) is 3.58. The van der Waals surface area contributed by atoms with E-state index in [4.69, 9.17) is 11.6 Å². The minimum absolute atomic E-state index is 0.0375. The van der Waals surface area contributed by atoms with Gasteiger partial charge >= 0.3 is 0 Å². The van der Waals surface area contributed by atoms with Crippen LogP contribution in [0.2, 0.25) is 5.02 Å². The number of anilines is 1. The third-order valence-electron chi connectivity index (χ3n) is 4.92. The molecule has 0 aromatic heterocycles. The molecule has 5 nitrogen and oxygen atoms in total. The topological polar surface area (TPSA) is 66.5 Å². The lowest BCUT2D eigenvalue weighted by Gasteiger charge is -2.22. The second kappa shape index (κ2) is 9.96. The van der Waals surface area contributed by atoms with Gasteiger partial charge in [0.25, 0.3) is 0 Å². The molecule has 3 aromatic rings. The largest absolute Gasteiger partial charge is 0.325 e. The van der Waals surface area contributed by atoms with Crippen molar-refractivity contribution in [2.24, 2.45) is 0 Å². The molecule has 0 radical (unpaired) electrons. The number of amides is 1. The molecule has 0 aliphatic rings. The summed E-state index contributed by atoms with van der Waals surface area (Å²) in [5.74, 6) is -0.414. The highest BCUT2D eigenvalue weighted by atomic mass is 79.9. The number of nitrogens with zero attached hydrogens (tertiary/aromatic N) is 1. The number of benzene rings is 3. The molecule has 1 amide bonds. The highest BCUT2D eigenvalue weighted by molar-refractivity contribution is 9.10. The van der Waals surface area contributed by atoms with Crippen LogP contribution >= 0.6 is 27.5 Å². The Bertz CT molecular complexity index is 1180. The van der Waals surface area contributed by atoms with Crippen molar-refractivity contribution in [3.63, 3.8) is 0 Å². The Balaban J connectivity index is 1.89. The first-order chi connectivity index (χ1) is 14.7. The van der Waals surface area contributed by atoms with Crippen LogP contribution in [0.1, 0.15) is 16.7 Å². The second-order valence-electron chi connectivity index (χ2n) is 7.15. The molecule has 0 saturated carbocycles. The number of aryl methyl sites for hydroxylation is 1. The zero-order valence-corrected chi connectivity index (χ0v) is 20.3. The van der Waals surface area contributed by atoms with Gasteiger partial charge in [0.2, 0.25) is 15.9 Å². The van der Waals surface area contributed by atoms with Crippen LogP contribution in [0.5, 0.6) is 0 Å². The second-order valence-corrected chi connectivity index (χ2v) is 10.4. The van der Waals surface area contributed by atoms with Gasteiger partial charge in [0.1, 0.15) is 0 Å². The lowest BCUT2D eigenvalue weighted by Crippen LogP contribution is -2.37. The molecular weight excluding hydrogens is 500 g/mol. The summed E-state index contributed by atoms with van der Waals surface area (Å²) in [5, 5.41) is 3.39. The van der Waals surface area contributed by atoms with E-state index >= 15 is 0 Å². The van der Waals surface area contributed by atoms with Gasteiger partial charge in [0.15, 0.2) is 0 Å². The summed E-state index contributed by atoms with van der Waals surface area (Å²) in [7, 11) is -3.91. The number of sulfonamides is 1. The van der Waals surface area contributed by atoms with Crippen molar-refractivity contribution >= 4 is 49.1 Å². The number of nitrogens with one attached hydrogen (secondary N) is 1. The Labute approximate surface area is 196 Å². The lowest BCUT2D eigenvalue weighted by molar-refractivity contribution is -0.116. The van der Waals surface area contributed by atoms with Gasteiger partial charge in [0.05, 0.1) is 11.4 Å². The Morgan fingerprint density at radius 1 is 1.00 bits per heavy atom. The number of halogens is 2. The fraction of sp³-hybridized carbons (Fsp3) is 0.174. The maximum atomic E-state index is 13.3. The van der Waals surface area contributed by atoms with Crippen molar-refractivity contribution in [2.45, 2.75) is 25.3 Å². The van der Waals surface area contributed by atoms with Crippen LogP contribution in [0.25, 0.3) is 0 Å². The van der Waals surface area contributed by atoms with Crippen LogP contribution in [-0.4, -0.2) is 25.2 Å². The zero-order chi connectivity index (χ0) is 22.6. The van der Waals surface area contributed by atoms with Crippen molar-refractivity contribution in [1.82, 2.24) is 4.31 Å². The van der Waals surface area contributed by atoms with E-state index in [1.54, 1.807) is 42.5 Å². The molecule has 0 saturated heterocycles. The van der Waals surface area contributed by atoms with Crippen molar-refractivity contribution in [2.75, 3.05) is 11.9 Å². The van der Waals surface area contributed by atoms with Crippen molar-refractivity contribution in [1.29, 1.82) is 0 Å². The predicted octanol–water partition coefficient (Wildman–Crippen LogP) is 5.55. The molecule has 0 unspecified atom stereocenters. The molecule has 0 fully saturated rings. The molecule has 0 atom stereocenters. The van der Waals surface area contributed by atoms with Gasteiger partial charge in [-0.15, -0.1) is 0 Å². The van der Waals surface area contributed by atoms with Gasteiger partial charge in [-0.25, -0.2) is 8.42 Å². The molecule has 1 N–H and O–H groups in total. The Kier molecular flexibility index (Phi) is 7.54. The molecule has 162 valence electrons. The van der Waals surface area contributed by atoms with Gasteiger partial charge in [-0.3, -0.25) is 4.79 Å². The number of hydrogen-bond donors (Lipinski definition) is 1. The lowest BCUT2D eigenvalue weighted by atomic mass is 10.1. The molecule has 31 heavy (non-hydrogen) atoms. The number of carbonyl (C=O) groups is 1. The normalized spacial score (nSPS) is 11.5. The Morgan fingerprint density at radius 2 is 1.65 bits per heavy atom. The summed E-state index contributed by atoms with van der Waals surface area (Å²) in [4.78, 5) is 12.9. The van der Waals surface area contributed by atoms with E-state index in [-0.39, 0.29) is 18.0 Å². The fourth-order valence-corrected chi connectivity index (χ4v) is 4.79. The van der Waals surface area contributed by atoms with Crippen LogP contribution in [-0.2, 0) is 21.4 Å². The van der Waals surface area contributed by atoms with Crippen molar-refractivity contribution in [3.05, 3.63) is 92.9 Å². The van der Waals surface area contributed by atoms with Crippen LogP contribution in [0.3, 0.4) is 0 Å². The average Bonchev–Trinajstić information content (AvgIpc) is 2.73. The first kappa shape index (κ1) is 23.5. The Morgan fingerprint density at radius 3 is 2.29 bits per heavy atom. The van der Waals surface area contributed by atoms with Crippen LogP contribution in [0, 0.1) is 13.8 Å². The van der Waals surface area contributed by atoms with Crippen molar-refractivity contribution < 1.29 is 13.2 Å². The molecule has 0 bridgehead atoms. The van der Waals surface area contributed by atoms with E-state index in [9.17, 15) is 13.2 Å². The van der Waals surface area contributed by atoms with Gasteiger partial charge in [-0.2, -0.15) is 4.31 Å². The fourth-order valence-electron chi connectivity index (χ4n) is 3.01. The number of hydrogen-bond acceptors (Lipinski definition) is 3. The van der Waals surface area contributed by atoms with Crippen LogP contribution in [0.4, 0.5) is 5.69 Å². The minimum atomic E-state index is -3.91. The van der Waals surface area contributed by atoms with Crippen LogP contribution in [0.15, 0.2) is 76.1 Å². The standard InChI is InChI=1S/C23H22BrClN2O3S/c1-16-4-3-5-22(17(16)2)26-23(28)15-27(14-18-6-10-20(25)11-7-18)31(29,30)21-12-8-19(24)9-13-21/h3-13H,14-15H2,1-2H3,(H,26,28). The number of carbonyl (C=O) groups excluding carboxylic acids is 1. The molecule has 0 heterocycles. The summed E-state index contributed by atoms with van der Waals surface area (Å²) in [6.07, 6.45) is 0. The zero-order valence-electron chi connectivity index (χ0n) is 17.1. The monoisotopic (exact) mass is 520 g/mol. The highest BCUT2D eigenvalue weighted by Gasteiger charge is 2.27. The smallest absolute Gasteiger partial charge is 0.243 e. The van der Waals surface area contributed by atoms with Gasteiger partial charge < -0.3 is 5.32 Å². The molecule has 0 spiro atoms. The van der Waals surface area contributed by atoms with Crippen molar-refractivity contribution in [3.8, 4) is 0 Å². The molecule has 0 aliphatic heterocycles. The first-order valence-corrected chi connectivity index (χ1v) is 12.1. The van der Waals surface area contributed by atoms with Gasteiger partial charge in [0, 0.05) is 21.7 Å². The van der Waals surface area contributed by atoms with E-state index in [1.165, 1.54) is 16.4 Å². The first-order valence-electron chi connectivity index (χ1n) is 9.53. The molecular formula is C23H22BrClN2O3S. The van der Waals surface area contributed by atoms with Gasteiger partial charge in [-0.1, -0.05) is 51.8 Å². The maximum Gasteiger partial charge on any atom is 0.243 e. The highest BCUT2D eigenvalue weighted by Crippen LogP contribution is 2.22. The molecule has 8 heteroatoms. The van der Waals surface area contributed by atoms with Gasteiger partial charge in [-0.05, 0) is 73.0 Å². The SMILES string of the molecule is Cc1cccc(NC(=O)CN(Cc2ccc(Cl)cc2)S(=O)(=O)c2ccc(Br)cc2)c1C. The average molecular weight is 522 g/mol. The summed E-state index contributed by atoms with van der Waals surface area (Å²) in [5.41, 5.74) is 3.37. The van der Waals surface area contributed by atoms with E-state index in [2.05, 4.69) is 21.2 Å². The summed E-state index contributed by atoms with van der Waals surface area (Å²) >= 11 is 9.27. The Hall–Kier alpha value is -2.19. The van der Waals surface area contributed by atoms with E-state index in [0.717, 1.165) is 21.2 Å². The van der Waals surface area contributed by atoms with Crippen LogP contribution < -0.4 is 5.32 Å². The summed E-state index contributed by atoms with van der Waals surface area (Å²) in [6, 6.07) is 18.8. The van der Waals surface area contributed by atoms with E-state index in [1.807, 2.05) is 26.0 Å². The van der Waals surface area contributed by atoms with E-state index < -0.39 is 15.9 Å². The molecule has 0 aliphatic carbocycles. The third kappa shape index (κ3) is 5.95. The molecule has 3 aromatic carbocycles. The molecule has 3 rings (SSSR count). The maximum absolute atomic E-state index is 13.3. The number of rotatable bonds is 7. The quantitative estimate of drug-likeness (QED) is 0.443. The minimum Gasteiger partial charge on any atom is -0.325 e. The van der Waals surface area contributed by atoms with E-state index in [0.29, 0.717) is 10.7 Å². The predicted molar refractivity (Wildman–Crippen MR) is 128 cm³/mol. The third-order valence-corrected chi connectivity index (χ3v) is 7.51. The summed E-state index contributed by atoms with van der Waals surface area (Å²) < 4.78 is 28.6.